The molecule has 0 radical (unpaired) electrons. The zero-order valence-corrected chi connectivity index (χ0v) is 13.7. The maximum Gasteiger partial charge on any atom is 0.357 e. The van der Waals surface area contributed by atoms with Crippen LogP contribution in [0.4, 0.5) is 0 Å². The molecule has 2 aromatic rings. The molecule has 2 rings (SSSR count). The zero-order valence-electron chi connectivity index (χ0n) is 12.9. The number of nitrogens with one attached hydrogen (secondary N) is 1. The largest absolute Gasteiger partial charge is 0.476 e. The van der Waals surface area contributed by atoms with Crippen LogP contribution in [0.15, 0.2) is 65.0 Å². The van der Waals surface area contributed by atoms with Crippen molar-refractivity contribution in [3.05, 3.63) is 60.1 Å². The van der Waals surface area contributed by atoms with Crippen molar-refractivity contribution in [2.24, 2.45) is 11.6 Å². The predicted molar refractivity (Wildman–Crippen MR) is 91.0 cm³/mol. The van der Waals surface area contributed by atoms with Crippen molar-refractivity contribution in [3.63, 3.8) is 0 Å². The van der Waals surface area contributed by atoms with Crippen LogP contribution in [-0.4, -0.2) is 21.5 Å². The fourth-order valence-corrected chi connectivity index (χ4v) is 2.45. The lowest BCUT2D eigenvalue weighted by molar-refractivity contribution is -0.132. The Labute approximate surface area is 141 Å². The second-order valence-electron chi connectivity index (χ2n) is 4.80. The van der Waals surface area contributed by atoms with E-state index < -0.39 is 22.5 Å². The SMILES string of the molecule is CS(=O)c1ccc(-c2ccc(O/C(NN)=C(/N)C(=O)O)cc2)cc1. The second kappa shape index (κ2) is 7.62. The number of nitrogens with two attached hydrogens (primary N) is 2. The van der Waals surface area contributed by atoms with Crippen LogP contribution in [0.25, 0.3) is 11.1 Å². The van der Waals surface area contributed by atoms with Gasteiger partial charge < -0.3 is 15.6 Å². The first-order chi connectivity index (χ1) is 11.4. The summed E-state index contributed by atoms with van der Waals surface area (Å²) in [5.41, 5.74) is 8.84. The number of aliphatic carboxylic acids is 1. The number of rotatable bonds is 6. The van der Waals surface area contributed by atoms with Gasteiger partial charge in [-0.1, -0.05) is 24.3 Å². The molecule has 0 saturated carbocycles. The van der Waals surface area contributed by atoms with Gasteiger partial charge in [0.25, 0.3) is 0 Å². The number of carboxylic acid groups (broad SMARTS) is 1. The van der Waals surface area contributed by atoms with E-state index in [9.17, 15) is 9.00 Å². The Morgan fingerprint density at radius 3 is 2.00 bits per heavy atom. The van der Waals surface area contributed by atoms with Gasteiger partial charge >= 0.3 is 5.97 Å². The molecule has 0 amide bonds. The third-order valence-corrected chi connectivity index (χ3v) is 4.14. The van der Waals surface area contributed by atoms with Crippen LogP contribution in [0.2, 0.25) is 0 Å². The van der Waals surface area contributed by atoms with Crippen LogP contribution < -0.4 is 21.7 Å². The number of hydrogen-bond donors (Lipinski definition) is 4. The lowest BCUT2D eigenvalue weighted by Crippen LogP contribution is -2.31. The molecule has 0 spiro atoms. The van der Waals surface area contributed by atoms with Gasteiger partial charge in [-0.3, -0.25) is 9.63 Å². The van der Waals surface area contributed by atoms with E-state index in [0.29, 0.717) is 5.75 Å². The summed E-state index contributed by atoms with van der Waals surface area (Å²) in [6.07, 6.45) is 1.63. The van der Waals surface area contributed by atoms with Gasteiger partial charge in [-0.25, -0.2) is 10.6 Å². The first-order valence-electron chi connectivity index (χ1n) is 6.84. The summed E-state index contributed by atoms with van der Waals surface area (Å²) in [6, 6.07) is 14.3. The van der Waals surface area contributed by atoms with Crippen LogP contribution in [0.1, 0.15) is 0 Å². The predicted octanol–water partition coefficient (Wildman–Crippen LogP) is 1.15. The summed E-state index contributed by atoms with van der Waals surface area (Å²) in [6.45, 7) is 0. The quantitative estimate of drug-likeness (QED) is 0.267. The Morgan fingerprint density at radius 2 is 1.58 bits per heavy atom. The highest BCUT2D eigenvalue weighted by atomic mass is 32.2. The first kappa shape index (κ1) is 17.5. The molecule has 1 atom stereocenters. The van der Waals surface area contributed by atoms with Crippen molar-refractivity contribution in [2.45, 2.75) is 4.90 Å². The van der Waals surface area contributed by atoms with Crippen molar-refractivity contribution >= 4 is 16.8 Å². The molecule has 126 valence electrons. The lowest BCUT2D eigenvalue weighted by atomic mass is 10.1. The summed E-state index contributed by atoms with van der Waals surface area (Å²) < 4.78 is 16.7. The third-order valence-electron chi connectivity index (χ3n) is 3.20. The van der Waals surface area contributed by atoms with Gasteiger partial charge in [-0.05, 0) is 35.4 Å². The van der Waals surface area contributed by atoms with Gasteiger partial charge in [0.2, 0.25) is 5.88 Å². The van der Waals surface area contributed by atoms with Crippen molar-refractivity contribution in [3.8, 4) is 16.9 Å². The van der Waals surface area contributed by atoms with Gasteiger partial charge in [0.1, 0.15) is 5.75 Å². The van der Waals surface area contributed by atoms with E-state index in [-0.39, 0.29) is 5.88 Å². The molecule has 24 heavy (non-hydrogen) atoms. The monoisotopic (exact) mass is 347 g/mol. The van der Waals surface area contributed by atoms with Crippen molar-refractivity contribution < 1.29 is 18.8 Å². The molecule has 7 nitrogen and oxygen atoms in total. The van der Waals surface area contributed by atoms with E-state index in [4.69, 9.17) is 21.4 Å². The normalized spacial score (nSPS) is 12.9. The highest BCUT2D eigenvalue weighted by molar-refractivity contribution is 7.84. The van der Waals surface area contributed by atoms with Gasteiger partial charge in [0, 0.05) is 22.0 Å². The smallest absolute Gasteiger partial charge is 0.357 e. The van der Waals surface area contributed by atoms with Gasteiger partial charge in [0.15, 0.2) is 5.70 Å². The molecule has 6 N–H and O–H groups in total. The maximum atomic E-state index is 11.4. The van der Waals surface area contributed by atoms with E-state index in [1.54, 1.807) is 30.5 Å². The molecular formula is C16H17N3O4S. The van der Waals surface area contributed by atoms with Crippen molar-refractivity contribution in [2.75, 3.05) is 6.26 Å². The Morgan fingerprint density at radius 1 is 1.08 bits per heavy atom. The average Bonchev–Trinajstić information content (AvgIpc) is 2.59. The summed E-state index contributed by atoms with van der Waals surface area (Å²) in [4.78, 5) is 11.6. The molecule has 0 bridgehead atoms. The summed E-state index contributed by atoms with van der Waals surface area (Å²) in [5, 5.41) is 8.84. The number of benzene rings is 2. The fraction of sp³-hybridized carbons (Fsp3) is 0.0625. The summed E-state index contributed by atoms with van der Waals surface area (Å²) >= 11 is 0. The molecule has 1 unspecified atom stereocenters. The molecular weight excluding hydrogens is 330 g/mol. The van der Waals surface area contributed by atoms with E-state index >= 15 is 0 Å². The number of carboxylic acids is 1. The zero-order chi connectivity index (χ0) is 17.7. The van der Waals surface area contributed by atoms with Crippen LogP contribution in [0, 0.1) is 0 Å². The molecule has 0 aliphatic rings. The van der Waals surface area contributed by atoms with Crippen LogP contribution in [-0.2, 0) is 15.6 Å². The number of hydrogen-bond acceptors (Lipinski definition) is 6. The highest BCUT2D eigenvalue weighted by Crippen LogP contribution is 2.24. The maximum absolute atomic E-state index is 11.4. The molecule has 2 aromatic carbocycles. The summed E-state index contributed by atoms with van der Waals surface area (Å²) in [5.74, 6) is 4.01. The van der Waals surface area contributed by atoms with Gasteiger partial charge in [0.05, 0.1) is 0 Å². The first-order valence-corrected chi connectivity index (χ1v) is 8.39. The number of carbonyl (C=O) groups is 1. The topological polar surface area (TPSA) is 128 Å². The third kappa shape index (κ3) is 4.12. The molecule has 0 fully saturated rings. The van der Waals surface area contributed by atoms with Gasteiger partial charge in [-0.2, -0.15) is 0 Å². The van der Waals surface area contributed by atoms with Crippen molar-refractivity contribution in [1.82, 2.24) is 5.43 Å². The summed E-state index contributed by atoms with van der Waals surface area (Å²) in [7, 11) is -1.02. The average molecular weight is 347 g/mol. The molecule has 0 heterocycles. The Hall–Kier alpha value is -2.84. The van der Waals surface area contributed by atoms with Gasteiger partial charge in [-0.15, -0.1) is 0 Å². The minimum absolute atomic E-state index is 0.245. The number of ether oxygens (including phenoxy) is 1. The van der Waals surface area contributed by atoms with E-state index in [1.807, 2.05) is 24.3 Å². The second-order valence-corrected chi connectivity index (χ2v) is 6.18. The molecule has 8 heteroatoms. The highest BCUT2D eigenvalue weighted by Gasteiger charge is 2.12. The van der Waals surface area contributed by atoms with E-state index in [2.05, 4.69) is 5.43 Å². The standard InChI is InChI=1S/C16H17N3O4S/c1-24(22)13-8-4-11(5-9-13)10-2-6-12(7-3-10)23-15(19-18)14(17)16(20)21/h2-9,19H,17-18H2,1H3,(H,20,21)/b15-14+. The van der Waals surface area contributed by atoms with Crippen LogP contribution in [0.5, 0.6) is 5.75 Å². The van der Waals surface area contributed by atoms with E-state index in [0.717, 1.165) is 16.0 Å². The van der Waals surface area contributed by atoms with Crippen LogP contribution >= 0.6 is 0 Å². The Kier molecular flexibility index (Phi) is 5.56. The molecule has 0 aliphatic heterocycles. The fourth-order valence-electron chi connectivity index (χ4n) is 1.93. The molecule has 0 aliphatic carbocycles. The Balaban J connectivity index is 2.20. The minimum Gasteiger partial charge on any atom is -0.476 e. The van der Waals surface area contributed by atoms with Crippen LogP contribution in [0.3, 0.4) is 0 Å². The molecule has 0 saturated heterocycles. The minimum atomic E-state index is -1.34. The Bertz CT molecular complexity index is 786. The van der Waals surface area contributed by atoms with Crippen molar-refractivity contribution in [1.29, 1.82) is 0 Å². The molecule has 0 aromatic heterocycles. The van der Waals surface area contributed by atoms with E-state index in [1.165, 1.54) is 0 Å². The number of hydrazine groups is 1. The lowest BCUT2D eigenvalue weighted by Gasteiger charge is -2.11.